The quantitative estimate of drug-likeness (QED) is 0.851. The highest BCUT2D eigenvalue weighted by atomic mass is 32.2. The number of sulfonamides is 1. The van der Waals surface area contributed by atoms with E-state index in [1.165, 1.54) is 4.88 Å². The van der Waals surface area contributed by atoms with E-state index >= 15 is 0 Å². The standard InChI is InChI=1S/C16H22N4O2S2/c1-13-12-19-15(23-13)7-9-18-16-14(6-5-8-17-16)24(21,22)20-10-3-2-4-11-20/h5-6,8,12H,2-4,7,9-11H2,1H3,(H,17,18). The van der Waals surface area contributed by atoms with Crippen molar-refractivity contribution in [2.75, 3.05) is 25.0 Å². The zero-order valence-corrected chi connectivity index (χ0v) is 15.4. The number of aryl methyl sites for hydroxylation is 1. The Labute approximate surface area is 147 Å². The Kier molecular flexibility index (Phi) is 5.47. The summed E-state index contributed by atoms with van der Waals surface area (Å²) in [6, 6.07) is 3.30. The van der Waals surface area contributed by atoms with Gasteiger partial charge in [0.2, 0.25) is 10.0 Å². The summed E-state index contributed by atoms with van der Waals surface area (Å²) >= 11 is 1.66. The summed E-state index contributed by atoms with van der Waals surface area (Å²) in [6.45, 7) is 3.81. The summed E-state index contributed by atoms with van der Waals surface area (Å²) in [5, 5.41) is 4.20. The number of thiazole rings is 1. The van der Waals surface area contributed by atoms with E-state index < -0.39 is 10.0 Å². The van der Waals surface area contributed by atoms with E-state index in [-0.39, 0.29) is 4.90 Å². The molecule has 2 aromatic rings. The second-order valence-corrected chi connectivity index (χ2v) is 9.08. The smallest absolute Gasteiger partial charge is 0.246 e. The Morgan fingerprint density at radius 1 is 1.25 bits per heavy atom. The van der Waals surface area contributed by atoms with E-state index in [1.807, 2.05) is 13.1 Å². The lowest BCUT2D eigenvalue weighted by Crippen LogP contribution is -2.36. The Bertz CT molecular complexity index is 783. The van der Waals surface area contributed by atoms with Gasteiger partial charge in [-0.1, -0.05) is 6.42 Å². The molecule has 130 valence electrons. The Morgan fingerprint density at radius 2 is 2.04 bits per heavy atom. The fourth-order valence-corrected chi connectivity index (χ4v) is 5.20. The molecule has 0 saturated carbocycles. The van der Waals surface area contributed by atoms with Gasteiger partial charge in [0.1, 0.15) is 10.7 Å². The lowest BCUT2D eigenvalue weighted by molar-refractivity contribution is 0.346. The second kappa shape index (κ2) is 7.58. The maximum Gasteiger partial charge on any atom is 0.246 e. The van der Waals surface area contributed by atoms with Crippen LogP contribution < -0.4 is 5.32 Å². The molecule has 8 heteroatoms. The van der Waals surface area contributed by atoms with Crippen LogP contribution in [-0.2, 0) is 16.4 Å². The maximum absolute atomic E-state index is 12.9. The highest BCUT2D eigenvalue weighted by Gasteiger charge is 2.28. The van der Waals surface area contributed by atoms with Gasteiger partial charge in [-0.2, -0.15) is 4.31 Å². The van der Waals surface area contributed by atoms with Gasteiger partial charge in [-0.25, -0.2) is 18.4 Å². The first-order chi connectivity index (χ1) is 11.6. The number of anilines is 1. The number of hydrogen-bond acceptors (Lipinski definition) is 6. The monoisotopic (exact) mass is 366 g/mol. The lowest BCUT2D eigenvalue weighted by atomic mass is 10.2. The second-order valence-electron chi connectivity index (χ2n) is 5.86. The summed E-state index contributed by atoms with van der Waals surface area (Å²) in [6.07, 6.45) is 7.16. The Morgan fingerprint density at radius 3 is 2.75 bits per heavy atom. The Hall–Kier alpha value is -1.51. The van der Waals surface area contributed by atoms with Crippen LogP contribution in [0.4, 0.5) is 5.82 Å². The van der Waals surface area contributed by atoms with E-state index in [2.05, 4.69) is 15.3 Å². The number of pyridine rings is 1. The Balaban J connectivity index is 1.72. The molecule has 0 aliphatic carbocycles. The van der Waals surface area contributed by atoms with Crippen LogP contribution in [0.15, 0.2) is 29.4 Å². The summed E-state index contributed by atoms with van der Waals surface area (Å²) in [4.78, 5) is 10.0. The molecule has 0 atom stereocenters. The normalized spacial score (nSPS) is 16.2. The first-order valence-electron chi connectivity index (χ1n) is 8.18. The van der Waals surface area contributed by atoms with Crippen LogP contribution in [0, 0.1) is 6.92 Å². The largest absolute Gasteiger partial charge is 0.369 e. The fourth-order valence-electron chi connectivity index (χ4n) is 2.78. The van der Waals surface area contributed by atoms with E-state index in [0.29, 0.717) is 25.5 Å². The zero-order valence-electron chi connectivity index (χ0n) is 13.7. The minimum atomic E-state index is -3.49. The van der Waals surface area contributed by atoms with Crippen LogP contribution in [0.25, 0.3) is 0 Å². The minimum Gasteiger partial charge on any atom is -0.369 e. The van der Waals surface area contributed by atoms with Crippen molar-refractivity contribution in [3.8, 4) is 0 Å². The molecule has 0 bridgehead atoms. The average molecular weight is 367 g/mol. The minimum absolute atomic E-state index is 0.266. The third-order valence-electron chi connectivity index (χ3n) is 4.00. The van der Waals surface area contributed by atoms with Gasteiger partial charge in [0.25, 0.3) is 0 Å². The number of aromatic nitrogens is 2. The molecule has 0 aromatic carbocycles. The predicted octanol–water partition coefficient (Wildman–Crippen LogP) is 2.68. The van der Waals surface area contributed by atoms with Crippen molar-refractivity contribution in [2.24, 2.45) is 0 Å². The molecule has 1 N–H and O–H groups in total. The molecule has 0 unspecified atom stereocenters. The topological polar surface area (TPSA) is 75.2 Å². The molecule has 1 saturated heterocycles. The highest BCUT2D eigenvalue weighted by molar-refractivity contribution is 7.89. The van der Waals surface area contributed by atoms with Crippen molar-refractivity contribution in [3.05, 3.63) is 34.4 Å². The van der Waals surface area contributed by atoms with Crippen LogP contribution in [0.5, 0.6) is 0 Å². The van der Waals surface area contributed by atoms with Gasteiger partial charge in [0.15, 0.2) is 0 Å². The average Bonchev–Trinajstić information content (AvgIpc) is 3.01. The molecule has 1 aliphatic heterocycles. The fraction of sp³-hybridized carbons (Fsp3) is 0.500. The number of rotatable bonds is 6. The zero-order chi connectivity index (χ0) is 17.0. The third kappa shape index (κ3) is 3.93. The van der Waals surface area contributed by atoms with E-state index in [0.717, 1.165) is 30.7 Å². The van der Waals surface area contributed by atoms with Gasteiger partial charge in [-0.3, -0.25) is 0 Å². The van der Waals surface area contributed by atoms with Crippen molar-refractivity contribution >= 4 is 27.2 Å². The molecule has 2 aromatic heterocycles. The van der Waals surface area contributed by atoms with Crippen molar-refractivity contribution in [1.82, 2.24) is 14.3 Å². The summed E-state index contributed by atoms with van der Waals surface area (Å²) < 4.78 is 27.3. The number of piperidine rings is 1. The molecule has 1 fully saturated rings. The van der Waals surface area contributed by atoms with Crippen molar-refractivity contribution in [3.63, 3.8) is 0 Å². The number of hydrogen-bond donors (Lipinski definition) is 1. The summed E-state index contributed by atoms with van der Waals surface area (Å²) in [5.41, 5.74) is 0. The summed E-state index contributed by atoms with van der Waals surface area (Å²) in [7, 11) is -3.49. The van der Waals surface area contributed by atoms with Crippen molar-refractivity contribution < 1.29 is 8.42 Å². The van der Waals surface area contributed by atoms with E-state index in [4.69, 9.17) is 0 Å². The summed E-state index contributed by atoms with van der Waals surface area (Å²) in [5.74, 6) is 0.427. The van der Waals surface area contributed by atoms with Crippen molar-refractivity contribution in [1.29, 1.82) is 0 Å². The van der Waals surface area contributed by atoms with E-state index in [1.54, 1.807) is 34.0 Å². The molecule has 3 heterocycles. The van der Waals surface area contributed by atoms with Crippen LogP contribution in [0.1, 0.15) is 29.1 Å². The molecule has 3 rings (SSSR count). The maximum atomic E-state index is 12.9. The van der Waals surface area contributed by atoms with Gasteiger partial charge >= 0.3 is 0 Å². The molecular formula is C16H22N4O2S2. The first kappa shape index (κ1) is 17.3. The van der Waals surface area contributed by atoms with Crippen molar-refractivity contribution in [2.45, 2.75) is 37.5 Å². The van der Waals surface area contributed by atoms with Crippen LogP contribution in [0.3, 0.4) is 0 Å². The van der Waals surface area contributed by atoms with E-state index in [9.17, 15) is 8.42 Å². The molecular weight excluding hydrogens is 344 g/mol. The molecule has 24 heavy (non-hydrogen) atoms. The SMILES string of the molecule is Cc1cnc(CCNc2ncccc2S(=O)(=O)N2CCCCC2)s1. The molecule has 6 nitrogen and oxygen atoms in total. The van der Waals surface area contributed by atoms with Gasteiger partial charge in [-0.15, -0.1) is 11.3 Å². The highest BCUT2D eigenvalue weighted by Crippen LogP contribution is 2.25. The van der Waals surface area contributed by atoms with Gasteiger partial charge in [-0.05, 0) is 31.9 Å². The molecule has 0 radical (unpaired) electrons. The van der Waals surface area contributed by atoms with Gasteiger partial charge < -0.3 is 5.32 Å². The van der Waals surface area contributed by atoms with Gasteiger partial charge in [0.05, 0.1) is 5.01 Å². The van der Waals surface area contributed by atoms with Crippen LogP contribution in [0.2, 0.25) is 0 Å². The molecule has 1 aliphatic rings. The first-order valence-corrected chi connectivity index (χ1v) is 10.4. The number of nitrogens with one attached hydrogen (secondary N) is 1. The van der Waals surface area contributed by atoms with Crippen LogP contribution >= 0.6 is 11.3 Å². The third-order valence-corrected chi connectivity index (χ3v) is 6.91. The lowest BCUT2D eigenvalue weighted by Gasteiger charge is -2.26. The molecule has 0 amide bonds. The van der Waals surface area contributed by atoms with Crippen LogP contribution in [-0.4, -0.2) is 42.3 Å². The predicted molar refractivity (Wildman–Crippen MR) is 95.9 cm³/mol. The number of nitrogens with zero attached hydrogens (tertiary/aromatic N) is 3. The van der Waals surface area contributed by atoms with Gasteiger partial charge in [0, 0.05) is 43.3 Å². The molecule has 0 spiro atoms.